The first kappa shape index (κ1) is 15.3. The Morgan fingerprint density at radius 3 is 2.57 bits per heavy atom. The molecule has 2 aromatic heterocycles. The van der Waals surface area contributed by atoms with Crippen molar-refractivity contribution in [2.24, 2.45) is 0 Å². The Hall–Kier alpha value is -2.57. The highest BCUT2D eigenvalue weighted by Gasteiger charge is 2.18. The predicted octanol–water partition coefficient (Wildman–Crippen LogP) is 4.15. The van der Waals surface area contributed by atoms with Gasteiger partial charge in [0, 0.05) is 6.07 Å². The molecule has 0 bridgehead atoms. The highest BCUT2D eigenvalue weighted by molar-refractivity contribution is 5.39. The van der Waals surface area contributed by atoms with E-state index in [1.54, 1.807) is 12.1 Å². The molecule has 23 heavy (non-hydrogen) atoms. The molecule has 0 saturated carbocycles. The highest BCUT2D eigenvalue weighted by atomic mass is 19.3. The Balaban J connectivity index is 1.94. The minimum atomic E-state index is -2.75. The van der Waals surface area contributed by atoms with Gasteiger partial charge in [0.25, 0.3) is 6.43 Å². The topological polar surface area (TPSA) is 52.3 Å². The summed E-state index contributed by atoms with van der Waals surface area (Å²) in [5, 5.41) is 11.1. The maximum atomic E-state index is 12.9. The van der Waals surface area contributed by atoms with Crippen molar-refractivity contribution in [1.29, 1.82) is 0 Å². The summed E-state index contributed by atoms with van der Waals surface area (Å²) >= 11 is 0. The molecule has 5 nitrogen and oxygen atoms in total. The van der Waals surface area contributed by atoms with E-state index in [-0.39, 0.29) is 16.9 Å². The van der Waals surface area contributed by atoms with Gasteiger partial charge in [0.1, 0.15) is 5.75 Å². The molecule has 0 radical (unpaired) electrons. The lowest BCUT2D eigenvalue weighted by molar-refractivity contribution is 0.137. The van der Waals surface area contributed by atoms with Gasteiger partial charge in [-0.15, -0.1) is 15.3 Å². The first-order chi connectivity index (χ1) is 10.8. The van der Waals surface area contributed by atoms with Crippen LogP contribution in [-0.4, -0.2) is 19.8 Å². The van der Waals surface area contributed by atoms with E-state index in [4.69, 9.17) is 4.74 Å². The van der Waals surface area contributed by atoms with Crippen molar-refractivity contribution in [3.05, 3.63) is 47.8 Å². The fraction of sp³-hybridized carbons (Fsp3) is 0.312. The van der Waals surface area contributed by atoms with Crippen molar-refractivity contribution in [1.82, 2.24) is 19.8 Å². The summed E-state index contributed by atoms with van der Waals surface area (Å²) in [6.45, 7) is 6.30. The molecule has 7 heteroatoms. The summed E-state index contributed by atoms with van der Waals surface area (Å²) in [7, 11) is 0. The molecule has 0 saturated heterocycles. The number of fused-ring (bicyclic) bond motifs is 1. The highest BCUT2D eigenvalue weighted by Crippen LogP contribution is 2.28. The van der Waals surface area contributed by atoms with Crippen molar-refractivity contribution < 1.29 is 13.5 Å². The van der Waals surface area contributed by atoms with Gasteiger partial charge >= 0.3 is 0 Å². The maximum absolute atomic E-state index is 12.9. The molecular formula is C16H16F2N4O. The first-order valence-corrected chi connectivity index (χ1v) is 7.13. The molecule has 2 heterocycles. The molecular weight excluding hydrogens is 302 g/mol. The van der Waals surface area contributed by atoms with Crippen LogP contribution in [-0.2, 0) is 5.41 Å². The van der Waals surface area contributed by atoms with Crippen LogP contribution in [0.1, 0.15) is 38.6 Å². The van der Waals surface area contributed by atoms with Gasteiger partial charge in [-0.3, -0.25) is 0 Å². The molecule has 0 N–H and O–H groups in total. The third-order valence-corrected chi connectivity index (χ3v) is 3.38. The van der Waals surface area contributed by atoms with Gasteiger partial charge in [-0.2, -0.15) is 4.52 Å². The van der Waals surface area contributed by atoms with Gasteiger partial charge in [-0.1, -0.05) is 32.9 Å². The Kier molecular flexibility index (Phi) is 3.71. The van der Waals surface area contributed by atoms with E-state index < -0.39 is 12.2 Å². The van der Waals surface area contributed by atoms with E-state index in [0.29, 0.717) is 5.75 Å². The Morgan fingerprint density at radius 2 is 1.87 bits per heavy atom. The van der Waals surface area contributed by atoms with Crippen LogP contribution < -0.4 is 4.74 Å². The summed E-state index contributed by atoms with van der Waals surface area (Å²) in [5.74, 6) is 0.287. The third-order valence-electron chi connectivity index (χ3n) is 3.38. The zero-order valence-corrected chi connectivity index (χ0v) is 13.0. The molecule has 120 valence electrons. The number of hydrogen-bond acceptors (Lipinski definition) is 4. The molecule has 0 atom stereocenters. The van der Waals surface area contributed by atoms with Crippen molar-refractivity contribution >= 4 is 5.65 Å². The second-order valence-corrected chi connectivity index (χ2v) is 6.18. The molecule has 0 spiro atoms. The molecule has 0 aliphatic rings. The molecule has 0 fully saturated rings. The molecule has 0 aliphatic heterocycles. The predicted molar refractivity (Wildman–Crippen MR) is 81.0 cm³/mol. The van der Waals surface area contributed by atoms with Crippen LogP contribution >= 0.6 is 0 Å². The maximum Gasteiger partial charge on any atom is 0.299 e. The van der Waals surface area contributed by atoms with Crippen LogP contribution in [0.2, 0.25) is 0 Å². The van der Waals surface area contributed by atoms with Gasteiger partial charge < -0.3 is 4.74 Å². The number of alkyl halides is 2. The second kappa shape index (κ2) is 5.57. The van der Waals surface area contributed by atoms with Crippen LogP contribution in [0.3, 0.4) is 0 Å². The molecule has 3 aromatic rings. The minimum absolute atomic E-state index is 0.0200. The van der Waals surface area contributed by atoms with Crippen molar-refractivity contribution in [2.45, 2.75) is 32.6 Å². The van der Waals surface area contributed by atoms with Crippen molar-refractivity contribution in [2.75, 3.05) is 0 Å². The number of rotatable bonds is 3. The fourth-order valence-electron chi connectivity index (χ4n) is 2.13. The average Bonchev–Trinajstić information content (AvgIpc) is 2.90. The Bertz CT molecular complexity index is 839. The van der Waals surface area contributed by atoms with Crippen LogP contribution in [0.5, 0.6) is 11.6 Å². The van der Waals surface area contributed by atoms with Crippen LogP contribution in [0, 0.1) is 0 Å². The molecule has 3 rings (SSSR count). The number of nitrogens with zero attached hydrogens (tertiary/aromatic N) is 4. The summed E-state index contributed by atoms with van der Waals surface area (Å²) in [6, 6.07) is 10.7. The summed E-state index contributed by atoms with van der Waals surface area (Å²) in [5.41, 5.74) is 1.33. The lowest BCUT2D eigenvalue weighted by atomic mass is 9.87. The van der Waals surface area contributed by atoms with Crippen LogP contribution in [0.25, 0.3) is 5.65 Å². The lowest BCUT2D eigenvalue weighted by Gasteiger charge is -2.19. The summed E-state index contributed by atoms with van der Waals surface area (Å²) < 4.78 is 32.4. The largest absolute Gasteiger partial charge is 0.438 e. The van der Waals surface area contributed by atoms with Gasteiger partial charge in [0.05, 0.1) is 0 Å². The Labute approximate surface area is 131 Å². The van der Waals surface area contributed by atoms with E-state index in [1.165, 1.54) is 6.07 Å². The molecule has 0 aliphatic carbocycles. The second-order valence-electron chi connectivity index (χ2n) is 6.18. The van der Waals surface area contributed by atoms with Gasteiger partial charge in [-0.25, -0.2) is 8.78 Å². The minimum Gasteiger partial charge on any atom is -0.438 e. The fourth-order valence-corrected chi connectivity index (χ4v) is 2.13. The lowest BCUT2D eigenvalue weighted by Crippen LogP contribution is -2.10. The normalized spacial score (nSPS) is 12.1. The first-order valence-electron chi connectivity index (χ1n) is 7.13. The summed E-state index contributed by atoms with van der Waals surface area (Å²) in [6.07, 6.45) is -2.75. The van der Waals surface area contributed by atoms with E-state index in [9.17, 15) is 8.78 Å². The number of aromatic nitrogens is 4. The smallest absolute Gasteiger partial charge is 0.299 e. The van der Waals surface area contributed by atoms with E-state index in [2.05, 4.69) is 36.1 Å². The quantitative estimate of drug-likeness (QED) is 0.728. The average molecular weight is 318 g/mol. The van der Waals surface area contributed by atoms with Gasteiger partial charge in [0.2, 0.25) is 11.7 Å². The van der Waals surface area contributed by atoms with E-state index in [1.807, 2.05) is 18.2 Å². The monoisotopic (exact) mass is 318 g/mol. The zero-order valence-electron chi connectivity index (χ0n) is 13.0. The number of ether oxygens (including phenoxy) is 1. The SMILES string of the molecule is CC(C)(C)c1cccc(Oc2ccc3nnc(C(F)F)n3n2)c1. The third kappa shape index (κ3) is 3.13. The zero-order chi connectivity index (χ0) is 16.6. The number of hydrogen-bond donors (Lipinski definition) is 0. The van der Waals surface area contributed by atoms with Gasteiger partial charge in [-0.05, 0) is 29.2 Å². The van der Waals surface area contributed by atoms with Crippen LogP contribution in [0.15, 0.2) is 36.4 Å². The summed E-state index contributed by atoms with van der Waals surface area (Å²) in [4.78, 5) is 0. The van der Waals surface area contributed by atoms with Gasteiger partial charge in [0.15, 0.2) is 5.65 Å². The molecule has 1 aromatic carbocycles. The van der Waals surface area contributed by atoms with E-state index >= 15 is 0 Å². The van der Waals surface area contributed by atoms with Crippen molar-refractivity contribution in [3.8, 4) is 11.6 Å². The number of benzene rings is 1. The van der Waals surface area contributed by atoms with Crippen molar-refractivity contribution in [3.63, 3.8) is 0 Å². The Morgan fingerprint density at radius 1 is 1.09 bits per heavy atom. The van der Waals surface area contributed by atoms with E-state index in [0.717, 1.165) is 10.1 Å². The molecule has 0 amide bonds. The molecule has 0 unspecified atom stereocenters. The standard InChI is InChI=1S/C16H16F2N4O/c1-16(2,3)10-5-4-6-11(9-10)23-13-8-7-12-19-20-15(14(17)18)22(12)21-13/h4-9,14H,1-3H3. The number of halogens is 2. The van der Waals surface area contributed by atoms with Crippen LogP contribution in [0.4, 0.5) is 8.78 Å².